The molecule has 2 rings (SSSR count). The van der Waals surface area contributed by atoms with Gasteiger partial charge < -0.3 is 9.73 Å². The van der Waals surface area contributed by atoms with Gasteiger partial charge >= 0.3 is 0 Å². The first-order valence-electron chi connectivity index (χ1n) is 4.96. The number of halogens is 1. The molecule has 0 atom stereocenters. The van der Waals surface area contributed by atoms with Gasteiger partial charge in [0.2, 0.25) is 5.89 Å². The molecule has 2 heterocycles. The van der Waals surface area contributed by atoms with Gasteiger partial charge in [0, 0.05) is 6.04 Å². The molecule has 0 aliphatic heterocycles. The average molecular weight is 302 g/mol. The van der Waals surface area contributed by atoms with E-state index in [-0.39, 0.29) is 0 Å². The van der Waals surface area contributed by atoms with Crippen LogP contribution in [0.25, 0.3) is 10.8 Å². The van der Waals surface area contributed by atoms with Crippen molar-refractivity contribution < 1.29 is 4.42 Å². The molecule has 0 saturated heterocycles. The summed E-state index contributed by atoms with van der Waals surface area (Å²) in [5.41, 5.74) is 0. The summed E-state index contributed by atoms with van der Waals surface area (Å²) in [7, 11) is 0. The molecule has 0 bridgehead atoms. The van der Waals surface area contributed by atoms with Crippen LogP contribution in [0.5, 0.6) is 0 Å². The quantitative estimate of drug-likeness (QED) is 0.943. The van der Waals surface area contributed by atoms with Gasteiger partial charge in [-0.25, -0.2) is 0 Å². The van der Waals surface area contributed by atoms with Crippen LogP contribution in [-0.4, -0.2) is 16.2 Å². The van der Waals surface area contributed by atoms with Crippen molar-refractivity contribution in [1.29, 1.82) is 0 Å². The molecule has 0 amide bonds. The maximum atomic E-state index is 5.54. The molecule has 16 heavy (non-hydrogen) atoms. The Kier molecular flexibility index (Phi) is 3.73. The molecule has 2 aromatic rings. The Balaban J connectivity index is 2.07. The molecule has 0 aromatic carbocycles. The molecule has 0 fully saturated rings. The molecular formula is C10H12BrN3OS. The van der Waals surface area contributed by atoms with Crippen molar-refractivity contribution in [3.8, 4) is 10.8 Å². The van der Waals surface area contributed by atoms with Crippen molar-refractivity contribution in [2.45, 2.75) is 26.4 Å². The number of rotatable bonds is 4. The maximum Gasteiger partial charge on any atom is 0.257 e. The van der Waals surface area contributed by atoms with Crippen LogP contribution in [0.1, 0.15) is 19.7 Å². The van der Waals surface area contributed by atoms with Gasteiger partial charge in [0.15, 0.2) is 0 Å². The third-order valence-corrected chi connectivity index (χ3v) is 3.52. The van der Waals surface area contributed by atoms with E-state index in [0.29, 0.717) is 24.4 Å². The van der Waals surface area contributed by atoms with Crippen LogP contribution < -0.4 is 5.32 Å². The monoisotopic (exact) mass is 301 g/mol. The summed E-state index contributed by atoms with van der Waals surface area (Å²) < 4.78 is 6.60. The largest absolute Gasteiger partial charge is 0.419 e. The maximum absolute atomic E-state index is 5.54. The SMILES string of the molecule is CC(C)NCc1nnc(-c2ccc(Br)s2)o1. The topological polar surface area (TPSA) is 51.0 Å². The van der Waals surface area contributed by atoms with E-state index in [2.05, 4.69) is 45.3 Å². The zero-order valence-electron chi connectivity index (χ0n) is 9.03. The summed E-state index contributed by atoms with van der Waals surface area (Å²) in [6, 6.07) is 4.34. The predicted molar refractivity (Wildman–Crippen MR) is 67.3 cm³/mol. The zero-order valence-corrected chi connectivity index (χ0v) is 11.4. The van der Waals surface area contributed by atoms with Gasteiger partial charge in [0.1, 0.15) is 0 Å². The van der Waals surface area contributed by atoms with Gasteiger partial charge in [-0.1, -0.05) is 13.8 Å². The van der Waals surface area contributed by atoms with Crippen molar-refractivity contribution in [3.05, 3.63) is 21.8 Å². The van der Waals surface area contributed by atoms with E-state index in [1.165, 1.54) is 0 Å². The van der Waals surface area contributed by atoms with Gasteiger partial charge in [-0.05, 0) is 28.1 Å². The van der Waals surface area contributed by atoms with E-state index in [9.17, 15) is 0 Å². The second-order valence-electron chi connectivity index (χ2n) is 3.64. The third-order valence-electron chi connectivity index (χ3n) is 1.91. The second-order valence-corrected chi connectivity index (χ2v) is 6.10. The lowest BCUT2D eigenvalue weighted by molar-refractivity contribution is 0.459. The van der Waals surface area contributed by atoms with Crippen LogP contribution in [0.15, 0.2) is 20.3 Å². The molecule has 4 nitrogen and oxygen atoms in total. The summed E-state index contributed by atoms with van der Waals surface area (Å²) in [6.07, 6.45) is 0. The van der Waals surface area contributed by atoms with E-state index < -0.39 is 0 Å². The van der Waals surface area contributed by atoms with Crippen molar-refractivity contribution in [3.63, 3.8) is 0 Å². The Bertz CT molecular complexity index is 466. The average Bonchev–Trinajstić information content (AvgIpc) is 2.83. The van der Waals surface area contributed by atoms with Gasteiger partial charge in [0.25, 0.3) is 5.89 Å². The molecule has 0 aliphatic carbocycles. The Morgan fingerprint density at radius 1 is 1.44 bits per heavy atom. The van der Waals surface area contributed by atoms with Crippen LogP contribution >= 0.6 is 27.3 Å². The molecule has 86 valence electrons. The number of thiophene rings is 1. The summed E-state index contributed by atoms with van der Waals surface area (Å²) in [5.74, 6) is 1.20. The molecule has 6 heteroatoms. The van der Waals surface area contributed by atoms with Gasteiger partial charge in [-0.3, -0.25) is 0 Å². The highest BCUT2D eigenvalue weighted by Gasteiger charge is 2.10. The lowest BCUT2D eigenvalue weighted by Crippen LogP contribution is -2.21. The van der Waals surface area contributed by atoms with Crippen LogP contribution in [0.4, 0.5) is 0 Å². The number of nitrogens with one attached hydrogen (secondary N) is 1. The third kappa shape index (κ3) is 2.90. The molecule has 2 aromatic heterocycles. The van der Waals surface area contributed by atoms with Crippen LogP contribution in [0.2, 0.25) is 0 Å². The van der Waals surface area contributed by atoms with Crippen molar-refractivity contribution in [2.24, 2.45) is 0 Å². The van der Waals surface area contributed by atoms with Crippen molar-refractivity contribution in [1.82, 2.24) is 15.5 Å². The predicted octanol–water partition coefficient (Wildman–Crippen LogP) is 3.06. The van der Waals surface area contributed by atoms with E-state index in [1.807, 2.05) is 12.1 Å². The fraction of sp³-hybridized carbons (Fsp3) is 0.400. The van der Waals surface area contributed by atoms with E-state index in [1.54, 1.807) is 11.3 Å². The zero-order chi connectivity index (χ0) is 11.5. The van der Waals surface area contributed by atoms with Gasteiger partial charge in [-0.2, -0.15) is 0 Å². The van der Waals surface area contributed by atoms with Gasteiger partial charge in [-0.15, -0.1) is 21.5 Å². The summed E-state index contributed by atoms with van der Waals surface area (Å²) in [5, 5.41) is 11.2. The van der Waals surface area contributed by atoms with Crippen molar-refractivity contribution >= 4 is 27.3 Å². The molecule has 1 N–H and O–H groups in total. The highest BCUT2D eigenvalue weighted by molar-refractivity contribution is 9.11. The fourth-order valence-electron chi connectivity index (χ4n) is 1.15. The fourth-order valence-corrected chi connectivity index (χ4v) is 2.45. The standard InChI is InChI=1S/C10H12BrN3OS/c1-6(2)12-5-9-13-14-10(15-9)7-3-4-8(11)16-7/h3-4,6,12H,5H2,1-2H3. The highest BCUT2D eigenvalue weighted by Crippen LogP contribution is 2.30. The lowest BCUT2D eigenvalue weighted by atomic mass is 10.4. The van der Waals surface area contributed by atoms with Gasteiger partial charge in [0.05, 0.1) is 15.2 Å². The van der Waals surface area contributed by atoms with Crippen LogP contribution in [0.3, 0.4) is 0 Å². The first-order chi connectivity index (χ1) is 7.65. The Morgan fingerprint density at radius 3 is 2.88 bits per heavy atom. The number of hydrogen-bond acceptors (Lipinski definition) is 5. The number of aromatic nitrogens is 2. The summed E-state index contributed by atoms with van der Waals surface area (Å²) >= 11 is 4.98. The molecule has 0 saturated carbocycles. The van der Waals surface area contributed by atoms with E-state index in [4.69, 9.17) is 4.42 Å². The molecule has 0 unspecified atom stereocenters. The van der Waals surface area contributed by atoms with E-state index in [0.717, 1.165) is 8.66 Å². The smallest absolute Gasteiger partial charge is 0.257 e. The Morgan fingerprint density at radius 2 is 2.25 bits per heavy atom. The minimum absolute atomic E-state index is 0.409. The first kappa shape index (κ1) is 11.8. The van der Waals surface area contributed by atoms with E-state index >= 15 is 0 Å². The normalized spacial score (nSPS) is 11.2. The molecule has 0 radical (unpaired) electrons. The van der Waals surface area contributed by atoms with Crippen molar-refractivity contribution in [2.75, 3.05) is 0 Å². The number of nitrogens with zero attached hydrogens (tertiary/aromatic N) is 2. The summed E-state index contributed by atoms with van der Waals surface area (Å²) in [4.78, 5) is 0.982. The Hall–Kier alpha value is -0.720. The summed E-state index contributed by atoms with van der Waals surface area (Å²) in [6.45, 7) is 4.76. The molecular weight excluding hydrogens is 290 g/mol. The Labute approximate surface area is 106 Å². The van der Waals surface area contributed by atoms with Crippen LogP contribution in [0, 0.1) is 0 Å². The lowest BCUT2D eigenvalue weighted by Gasteiger charge is -2.03. The van der Waals surface area contributed by atoms with Crippen LogP contribution in [-0.2, 0) is 6.54 Å². The minimum atomic E-state index is 0.409. The highest BCUT2D eigenvalue weighted by atomic mass is 79.9. The molecule has 0 aliphatic rings. The molecule has 0 spiro atoms. The first-order valence-corrected chi connectivity index (χ1v) is 6.57. The second kappa shape index (κ2) is 5.07. The number of hydrogen-bond donors (Lipinski definition) is 1. The minimum Gasteiger partial charge on any atom is -0.419 e.